The predicted octanol–water partition coefficient (Wildman–Crippen LogP) is 1.52. The van der Waals surface area contributed by atoms with Gasteiger partial charge < -0.3 is 4.90 Å². The number of anilines is 1. The van der Waals surface area contributed by atoms with Gasteiger partial charge >= 0.3 is 0 Å². The van der Waals surface area contributed by atoms with E-state index in [0.717, 1.165) is 24.7 Å². The first-order chi connectivity index (χ1) is 7.68. The highest BCUT2D eigenvalue weighted by Crippen LogP contribution is 2.16. The average Bonchev–Trinajstić information content (AvgIpc) is 2.67. The second-order valence-corrected chi connectivity index (χ2v) is 4.12. The van der Waals surface area contributed by atoms with Crippen LogP contribution in [0.4, 0.5) is 5.69 Å². The summed E-state index contributed by atoms with van der Waals surface area (Å²) in [5.74, 6) is 0.904. The van der Waals surface area contributed by atoms with Crippen LogP contribution in [-0.2, 0) is 0 Å². The minimum absolute atomic E-state index is 0.868. The molecule has 1 aromatic carbocycles. The molecule has 1 aromatic rings. The Balaban J connectivity index is 2.02. The van der Waals surface area contributed by atoms with Gasteiger partial charge in [-0.1, -0.05) is 12.1 Å². The Morgan fingerprint density at radius 2 is 2.06 bits per heavy atom. The molecule has 2 N–H and O–H groups in total. The van der Waals surface area contributed by atoms with Gasteiger partial charge in [0, 0.05) is 13.6 Å². The Labute approximate surface area is 96.3 Å². The fourth-order valence-electron chi connectivity index (χ4n) is 1.68. The second-order valence-electron chi connectivity index (χ2n) is 4.12. The van der Waals surface area contributed by atoms with E-state index < -0.39 is 0 Å². The smallest absolute Gasteiger partial charge is 0.212 e. The number of nitrogens with one attached hydrogen (secondary N) is 2. The number of hydrazine groups is 1. The van der Waals surface area contributed by atoms with Gasteiger partial charge in [-0.05, 0) is 31.0 Å². The van der Waals surface area contributed by atoms with Crippen LogP contribution in [0.3, 0.4) is 0 Å². The lowest BCUT2D eigenvalue weighted by Crippen LogP contribution is -2.39. The molecule has 1 aliphatic rings. The molecule has 0 bridgehead atoms. The molecule has 4 nitrogen and oxygen atoms in total. The maximum Gasteiger partial charge on any atom is 0.212 e. The number of aliphatic imine (C=N–C) groups is 1. The van der Waals surface area contributed by atoms with Gasteiger partial charge in [-0.2, -0.15) is 0 Å². The van der Waals surface area contributed by atoms with Gasteiger partial charge in [-0.25, -0.2) is 4.99 Å². The van der Waals surface area contributed by atoms with Crippen LogP contribution in [0.1, 0.15) is 11.1 Å². The molecule has 0 atom stereocenters. The van der Waals surface area contributed by atoms with Gasteiger partial charge in [0.1, 0.15) is 0 Å². The van der Waals surface area contributed by atoms with Crippen LogP contribution in [0.5, 0.6) is 0 Å². The molecule has 4 heteroatoms. The van der Waals surface area contributed by atoms with Crippen molar-refractivity contribution in [2.75, 3.05) is 25.6 Å². The third-order valence-corrected chi connectivity index (χ3v) is 2.97. The summed E-state index contributed by atoms with van der Waals surface area (Å²) in [4.78, 5) is 6.45. The monoisotopic (exact) mass is 218 g/mol. The van der Waals surface area contributed by atoms with Crippen LogP contribution in [0.15, 0.2) is 23.2 Å². The Morgan fingerprint density at radius 3 is 2.75 bits per heavy atom. The van der Waals surface area contributed by atoms with Crippen molar-refractivity contribution in [1.82, 2.24) is 10.3 Å². The molecule has 2 rings (SSSR count). The Hall–Kier alpha value is -1.71. The molecule has 86 valence electrons. The zero-order valence-corrected chi connectivity index (χ0v) is 10.0. The number of aryl methyl sites for hydroxylation is 1. The fourth-order valence-corrected chi connectivity index (χ4v) is 1.68. The first kappa shape index (κ1) is 10.8. The van der Waals surface area contributed by atoms with Gasteiger partial charge in [-0.3, -0.25) is 10.9 Å². The van der Waals surface area contributed by atoms with Crippen molar-refractivity contribution < 1.29 is 0 Å². The maximum atomic E-state index is 4.35. The van der Waals surface area contributed by atoms with E-state index in [-0.39, 0.29) is 0 Å². The first-order valence-electron chi connectivity index (χ1n) is 5.52. The van der Waals surface area contributed by atoms with Gasteiger partial charge in [0.25, 0.3) is 0 Å². The van der Waals surface area contributed by atoms with Crippen molar-refractivity contribution in [3.05, 3.63) is 29.3 Å². The summed E-state index contributed by atoms with van der Waals surface area (Å²) in [6.45, 7) is 6.07. The summed E-state index contributed by atoms with van der Waals surface area (Å²) >= 11 is 0. The van der Waals surface area contributed by atoms with Crippen LogP contribution in [0, 0.1) is 13.8 Å². The summed E-state index contributed by atoms with van der Waals surface area (Å²) < 4.78 is 0. The molecular weight excluding hydrogens is 200 g/mol. The summed E-state index contributed by atoms with van der Waals surface area (Å²) in [6.07, 6.45) is 0. The number of guanidine groups is 1. The lowest BCUT2D eigenvalue weighted by Gasteiger charge is -2.18. The molecule has 0 aromatic heterocycles. The largest absolute Gasteiger partial charge is 0.343 e. The van der Waals surface area contributed by atoms with E-state index in [1.807, 2.05) is 13.1 Å². The molecule has 0 amide bonds. The first-order valence-corrected chi connectivity index (χ1v) is 5.52. The maximum absolute atomic E-state index is 4.35. The molecule has 0 fully saturated rings. The molecule has 16 heavy (non-hydrogen) atoms. The lowest BCUT2D eigenvalue weighted by atomic mass is 10.1. The summed E-state index contributed by atoms with van der Waals surface area (Å²) in [5.41, 5.74) is 9.99. The van der Waals surface area contributed by atoms with E-state index in [0.29, 0.717) is 0 Å². The molecule has 1 heterocycles. The average molecular weight is 218 g/mol. The molecule has 0 radical (unpaired) electrons. The van der Waals surface area contributed by atoms with Gasteiger partial charge in [-0.15, -0.1) is 0 Å². The van der Waals surface area contributed by atoms with Crippen molar-refractivity contribution >= 4 is 11.6 Å². The molecule has 0 saturated carbocycles. The Morgan fingerprint density at radius 1 is 1.25 bits per heavy atom. The number of hydrogen-bond acceptors (Lipinski definition) is 4. The Kier molecular flexibility index (Phi) is 2.99. The number of likely N-dealkylation sites (N-methyl/N-ethyl adjacent to an activating group) is 1. The predicted molar refractivity (Wildman–Crippen MR) is 67.6 cm³/mol. The van der Waals surface area contributed by atoms with Crippen LogP contribution in [0.2, 0.25) is 0 Å². The third-order valence-electron chi connectivity index (χ3n) is 2.97. The summed E-state index contributed by atoms with van der Waals surface area (Å²) in [6, 6.07) is 6.22. The minimum Gasteiger partial charge on any atom is -0.343 e. The van der Waals surface area contributed by atoms with Crippen LogP contribution in [0.25, 0.3) is 0 Å². The highest BCUT2D eigenvalue weighted by molar-refractivity contribution is 5.82. The normalized spacial score (nSPS) is 14.9. The lowest BCUT2D eigenvalue weighted by molar-refractivity contribution is 0.540. The third kappa shape index (κ3) is 2.10. The van der Waals surface area contributed by atoms with E-state index >= 15 is 0 Å². The standard InChI is InChI=1S/C12H18N4/c1-9-5-4-6-11(10(9)2)14-15-12-13-7-8-16(12)3/h4-6,14H,7-8H2,1-3H3,(H,13,15). The summed E-state index contributed by atoms with van der Waals surface area (Å²) in [5, 5.41) is 0. The highest BCUT2D eigenvalue weighted by atomic mass is 15.5. The molecule has 0 spiro atoms. The SMILES string of the molecule is Cc1cccc(NNC2=NCCN2C)c1C. The van der Waals surface area contributed by atoms with Crippen molar-refractivity contribution in [3.8, 4) is 0 Å². The van der Waals surface area contributed by atoms with Crippen LogP contribution >= 0.6 is 0 Å². The van der Waals surface area contributed by atoms with Crippen molar-refractivity contribution in [2.45, 2.75) is 13.8 Å². The highest BCUT2D eigenvalue weighted by Gasteiger charge is 2.11. The second kappa shape index (κ2) is 4.43. The van der Waals surface area contributed by atoms with Crippen LogP contribution in [-0.4, -0.2) is 31.0 Å². The van der Waals surface area contributed by atoms with E-state index in [4.69, 9.17) is 0 Å². The molecule has 1 aliphatic heterocycles. The molecule has 0 saturated heterocycles. The molecule has 0 unspecified atom stereocenters. The molecular formula is C12H18N4. The number of benzene rings is 1. The van der Waals surface area contributed by atoms with Crippen molar-refractivity contribution in [3.63, 3.8) is 0 Å². The number of nitrogens with zero attached hydrogens (tertiary/aromatic N) is 2. The number of rotatable bonds is 2. The zero-order chi connectivity index (χ0) is 11.5. The van der Waals surface area contributed by atoms with E-state index in [1.165, 1.54) is 11.1 Å². The van der Waals surface area contributed by atoms with E-state index in [2.05, 4.69) is 46.7 Å². The van der Waals surface area contributed by atoms with Crippen molar-refractivity contribution in [1.29, 1.82) is 0 Å². The minimum atomic E-state index is 0.868. The van der Waals surface area contributed by atoms with E-state index in [1.54, 1.807) is 0 Å². The van der Waals surface area contributed by atoms with Crippen LogP contribution < -0.4 is 10.9 Å². The van der Waals surface area contributed by atoms with Gasteiger partial charge in [0.2, 0.25) is 5.96 Å². The Bertz CT molecular complexity index is 411. The van der Waals surface area contributed by atoms with Gasteiger partial charge in [0.05, 0.1) is 12.2 Å². The topological polar surface area (TPSA) is 39.7 Å². The fraction of sp³-hybridized carbons (Fsp3) is 0.417. The zero-order valence-electron chi connectivity index (χ0n) is 10.0. The molecule has 0 aliphatic carbocycles. The number of hydrogen-bond donors (Lipinski definition) is 2. The van der Waals surface area contributed by atoms with Crippen molar-refractivity contribution in [2.24, 2.45) is 4.99 Å². The summed E-state index contributed by atoms with van der Waals surface area (Å²) in [7, 11) is 2.03. The quantitative estimate of drug-likeness (QED) is 0.739. The van der Waals surface area contributed by atoms with Gasteiger partial charge in [0.15, 0.2) is 0 Å². The van der Waals surface area contributed by atoms with E-state index in [9.17, 15) is 0 Å².